The smallest absolute Gasteiger partial charge is 0.223 e. The molecule has 33 heavy (non-hydrogen) atoms. The molecule has 1 aromatic heterocycles. The SMILES string of the molecule is Cn1c2ccccc2c2cc(C=C[C@]34NC(=O)CCN3c3ccc(Br)cc3C4(C)C)ccc21. The molecule has 166 valence electrons. The predicted molar refractivity (Wildman–Crippen MR) is 139 cm³/mol. The number of para-hydroxylation sites is 1. The summed E-state index contributed by atoms with van der Waals surface area (Å²) in [5.41, 5.74) is 5.10. The number of rotatable bonds is 2. The van der Waals surface area contributed by atoms with E-state index in [2.05, 4.69) is 124 Å². The van der Waals surface area contributed by atoms with Crippen LogP contribution in [0.4, 0.5) is 5.69 Å². The van der Waals surface area contributed by atoms with Crippen LogP contribution in [0.5, 0.6) is 0 Å². The number of halogens is 1. The zero-order valence-electron chi connectivity index (χ0n) is 19.0. The minimum absolute atomic E-state index is 0.0975. The van der Waals surface area contributed by atoms with Crippen molar-refractivity contribution in [3.8, 4) is 0 Å². The number of nitrogens with one attached hydrogen (secondary N) is 1. The maximum atomic E-state index is 12.7. The summed E-state index contributed by atoms with van der Waals surface area (Å²) in [7, 11) is 2.12. The van der Waals surface area contributed by atoms with Gasteiger partial charge in [0, 0.05) is 57.4 Å². The van der Waals surface area contributed by atoms with Crippen molar-refractivity contribution in [3.63, 3.8) is 0 Å². The fraction of sp³-hybridized carbons (Fsp3) is 0.250. The highest BCUT2D eigenvalue weighted by Crippen LogP contribution is 2.53. The van der Waals surface area contributed by atoms with Gasteiger partial charge in [0.05, 0.1) is 0 Å². The molecule has 4 nitrogen and oxygen atoms in total. The first-order valence-electron chi connectivity index (χ1n) is 11.4. The van der Waals surface area contributed by atoms with Crippen LogP contribution in [-0.4, -0.2) is 22.7 Å². The second-order valence-electron chi connectivity index (χ2n) is 9.69. The minimum Gasteiger partial charge on any atom is -0.344 e. The van der Waals surface area contributed by atoms with Crippen LogP contribution >= 0.6 is 15.9 Å². The van der Waals surface area contributed by atoms with Gasteiger partial charge in [-0.2, -0.15) is 0 Å². The van der Waals surface area contributed by atoms with Gasteiger partial charge in [-0.3, -0.25) is 4.79 Å². The Bertz CT molecular complexity index is 1480. The number of hydrogen-bond acceptors (Lipinski definition) is 2. The van der Waals surface area contributed by atoms with E-state index >= 15 is 0 Å². The lowest BCUT2D eigenvalue weighted by molar-refractivity contribution is -0.124. The van der Waals surface area contributed by atoms with Crippen molar-refractivity contribution in [1.29, 1.82) is 0 Å². The number of nitrogens with zero attached hydrogens (tertiary/aromatic N) is 2. The van der Waals surface area contributed by atoms with Crippen LogP contribution in [0.25, 0.3) is 27.9 Å². The highest BCUT2D eigenvalue weighted by molar-refractivity contribution is 9.10. The molecule has 1 N–H and O–H groups in total. The fourth-order valence-electron chi connectivity index (χ4n) is 5.83. The summed E-state index contributed by atoms with van der Waals surface area (Å²) in [6.07, 6.45) is 4.87. The molecule has 0 aliphatic carbocycles. The third-order valence-electron chi connectivity index (χ3n) is 7.65. The van der Waals surface area contributed by atoms with Crippen LogP contribution in [0.2, 0.25) is 0 Å². The molecule has 0 saturated carbocycles. The molecular formula is C28H26BrN3O. The van der Waals surface area contributed by atoms with Crippen molar-refractivity contribution in [2.75, 3.05) is 11.4 Å². The Morgan fingerprint density at radius 2 is 1.79 bits per heavy atom. The summed E-state index contributed by atoms with van der Waals surface area (Å²) in [6.45, 7) is 5.15. The number of aryl methyl sites for hydroxylation is 1. The van der Waals surface area contributed by atoms with Gasteiger partial charge in [-0.15, -0.1) is 0 Å². The van der Waals surface area contributed by atoms with Crippen LogP contribution in [0.15, 0.2) is 71.2 Å². The van der Waals surface area contributed by atoms with E-state index in [4.69, 9.17) is 0 Å². The van der Waals surface area contributed by atoms with E-state index in [0.29, 0.717) is 13.0 Å². The molecule has 3 aromatic carbocycles. The number of fused-ring (bicyclic) bond motifs is 6. The van der Waals surface area contributed by atoms with Crippen LogP contribution in [0.1, 0.15) is 31.4 Å². The number of hydrogen-bond donors (Lipinski definition) is 1. The van der Waals surface area contributed by atoms with Crippen molar-refractivity contribution in [2.45, 2.75) is 31.3 Å². The second kappa shape index (κ2) is 6.97. The number of benzene rings is 3. The topological polar surface area (TPSA) is 37.3 Å². The van der Waals surface area contributed by atoms with Gasteiger partial charge < -0.3 is 14.8 Å². The minimum atomic E-state index is -0.612. The monoisotopic (exact) mass is 499 g/mol. The third-order valence-corrected chi connectivity index (χ3v) is 8.14. The molecule has 0 radical (unpaired) electrons. The highest BCUT2D eigenvalue weighted by atomic mass is 79.9. The van der Waals surface area contributed by atoms with Gasteiger partial charge in [0.2, 0.25) is 5.91 Å². The molecule has 0 bridgehead atoms. The van der Waals surface area contributed by atoms with E-state index in [1.807, 2.05) is 0 Å². The Morgan fingerprint density at radius 1 is 1.00 bits per heavy atom. The number of anilines is 1. The average Bonchev–Trinajstić information content (AvgIpc) is 3.19. The normalized spacial score (nSPS) is 21.6. The summed E-state index contributed by atoms with van der Waals surface area (Å²) in [6, 6.07) is 21.6. The first-order valence-corrected chi connectivity index (χ1v) is 12.2. The summed E-state index contributed by atoms with van der Waals surface area (Å²) in [4.78, 5) is 15.0. The van der Waals surface area contributed by atoms with E-state index in [1.54, 1.807) is 0 Å². The lowest BCUT2D eigenvalue weighted by Gasteiger charge is -2.49. The van der Waals surface area contributed by atoms with Gasteiger partial charge in [0.25, 0.3) is 0 Å². The summed E-state index contributed by atoms with van der Waals surface area (Å²) in [5, 5.41) is 5.87. The number of carbonyl (C=O) groups excluding carboxylic acids is 1. The fourth-order valence-corrected chi connectivity index (χ4v) is 6.19. The lowest BCUT2D eigenvalue weighted by atomic mass is 9.74. The molecule has 6 rings (SSSR count). The second-order valence-corrected chi connectivity index (χ2v) is 10.6. The Morgan fingerprint density at radius 3 is 2.64 bits per heavy atom. The van der Waals surface area contributed by atoms with Gasteiger partial charge in [0.1, 0.15) is 5.66 Å². The average molecular weight is 500 g/mol. The molecule has 0 spiro atoms. The van der Waals surface area contributed by atoms with E-state index in [9.17, 15) is 4.79 Å². The molecule has 1 amide bonds. The molecular weight excluding hydrogens is 474 g/mol. The highest BCUT2D eigenvalue weighted by Gasteiger charge is 2.57. The van der Waals surface area contributed by atoms with Crippen LogP contribution in [0.3, 0.4) is 0 Å². The largest absolute Gasteiger partial charge is 0.344 e. The number of amides is 1. The van der Waals surface area contributed by atoms with Gasteiger partial charge in [-0.25, -0.2) is 0 Å². The quantitative estimate of drug-likeness (QED) is 0.360. The summed E-state index contributed by atoms with van der Waals surface area (Å²) >= 11 is 3.64. The van der Waals surface area contributed by atoms with E-state index in [0.717, 1.165) is 10.0 Å². The van der Waals surface area contributed by atoms with Gasteiger partial charge >= 0.3 is 0 Å². The first-order chi connectivity index (χ1) is 15.8. The van der Waals surface area contributed by atoms with E-state index in [1.165, 1.54) is 33.1 Å². The molecule has 1 saturated heterocycles. The molecule has 2 aliphatic rings. The van der Waals surface area contributed by atoms with Gasteiger partial charge in [0.15, 0.2) is 0 Å². The molecule has 2 aliphatic heterocycles. The maximum Gasteiger partial charge on any atom is 0.223 e. The first kappa shape index (κ1) is 20.5. The molecule has 5 heteroatoms. The van der Waals surface area contributed by atoms with E-state index < -0.39 is 5.66 Å². The Labute approximate surface area is 202 Å². The van der Waals surface area contributed by atoms with Gasteiger partial charge in [-0.1, -0.05) is 60.1 Å². The molecule has 1 fully saturated rings. The standard InChI is InChI=1S/C28H26BrN3O/c1-27(2)22-17-19(29)9-11-25(22)32-15-13-26(33)30-28(27,32)14-12-18-8-10-24-21(16-18)20-6-4-5-7-23(20)31(24)3/h4-12,14,16-17H,13,15H2,1-3H3,(H,30,33)/t28-/m0/s1. The van der Waals surface area contributed by atoms with Crippen LogP contribution < -0.4 is 10.2 Å². The van der Waals surface area contributed by atoms with E-state index in [-0.39, 0.29) is 11.3 Å². The molecule has 4 aromatic rings. The Hall–Kier alpha value is -3.05. The van der Waals surface area contributed by atoms with Crippen molar-refractivity contribution in [3.05, 3.63) is 82.3 Å². The van der Waals surface area contributed by atoms with Crippen molar-refractivity contribution in [1.82, 2.24) is 9.88 Å². The zero-order chi connectivity index (χ0) is 23.0. The molecule has 1 atom stereocenters. The molecule has 3 heterocycles. The van der Waals surface area contributed by atoms with Crippen molar-refractivity contribution in [2.24, 2.45) is 7.05 Å². The Balaban J connectivity index is 1.49. The predicted octanol–water partition coefficient (Wildman–Crippen LogP) is 6.12. The maximum absolute atomic E-state index is 12.7. The van der Waals surface area contributed by atoms with Gasteiger partial charge in [-0.05, 0) is 53.6 Å². The van der Waals surface area contributed by atoms with Crippen LogP contribution in [0, 0.1) is 0 Å². The van der Waals surface area contributed by atoms with Crippen molar-refractivity contribution < 1.29 is 4.79 Å². The summed E-state index contributed by atoms with van der Waals surface area (Å²) < 4.78 is 3.30. The number of aromatic nitrogens is 1. The van der Waals surface area contributed by atoms with Crippen molar-refractivity contribution >= 4 is 55.4 Å². The summed E-state index contributed by atoms with van der Waals surface area (Å²) in [5.74, 6) is 0.0975. The van der Waals surface area contributed by atoms with Crippen LogP contribution in [-0.2, 0) is 17.3 Å². The number of carbonyl (C=O) groups is 1. The lowest BCUT2D eigenvalue weighted by Crippen LogP contribution is -2.68. The Kier molecular flexibility index (Phi) is 4.34. The molecule has 0 unspecified atom stereocenters. The zero-order valence-corrected chi connectivity index (χ0v) is 20.6. The third kappa shape index (κ3) is 2.78.